The van der Waals surface area contributed by atoms with E-state index in [4.69, 9.17) is 37.4 Å². The topological polar surface area (TPSA) is 96.2 Å². The first kappa shape index (κ1) is 34.0. The third-order valence-corrected chi connectivity index (χ3v) is 8.37. The van der Waals surface area contributed by atoms with E-state index < -0.39 is 41.0 Å². The number of thiazole rings is 1. The molecule has 1 aromatic heterocycles. The van der Waals surface area contributed by atoms with Crippen molar-refractivity contribution < 1.29 is 37.0 Å². The number of carbonyl (C=O) groups is 2. The van der Waals surface area contributed by atoms with Gasteiger partial charge in [0.15, 0.2) is 10.5 Å². The van der Waals surface area contributed by atoms with Crippen LogP contribution in [0.3, 0.4) is 0 Å². The van der Waals surface area contributed by atoms with Crippen LogP contribution in [0, 0.1) is 0 Å². The summed E-state index contributed by atoms with van der Waals surface area (Å²) in [6.45, 7) is 3.31. The minimum atomic E-state index is -5.04. The van der Waals surface area contributed by atoms with Crippen LogP contribution in [-0.4, -0.2) is 35.9 Å². The van der Waals surface area contributed by atoms with Crippen LogP contribution in [0.4, 0.5) is 13.2 Å². The molecule has 2 heterocycles. The van der Waals surface area contributed by atoms with Gasteiger partial charge < -0.3 is 14.2 Å². The van der Waals surface area contributed by atoms with Gasteiger partial charge in [-0.15, -0.1) is 0 Å². The molecule has 0 spiro atoms. The Hall–Kier alpha value is -4.39. The molecule has 0 amide bonds. The number of nitrogens with zero attached hydrogens (tertiary/aromatic N) is 2. The van der Waals surface area contributed by atoms with Gasteiger partial charge in [-0.2, -0.15) is 13.2 Å². The van der Waals surface area contributed by atoms with Gasteiger partial charge in [0.2, 0.25) is 0 Å². The number of halogens is 5. The lowest BCUT2D eigenvalue weighted by molar-refractivity contribution is -0.140. The second-order valence-corrected chi connectivity index (χ2v) is 11.9. The summed E-state index contributed by atoms with van der Waals surface area (Å²) in [5, 5.41) is 0.625. The maximum atomic E-state index is 14.4. The fraction of sp³-hybridized carbons (Fsp3) is 0.212. The molecule has 0 saturated heterocycles. The normalized spacial score (nSPS) is 14.8. The molecule has 0 N–H and O–H groups in total. The second-order valence-electron chi connectivity index (χ2n) is 10.0. The summed E-state index contributed by atoms with van der Waals surface area (Å²) in [4.78, 5) is 42.4. The van der Waals surface area contributed by atoms with Crippen LogP contribution in [-0.2, 0) is 20.9 Å². The van der Waals surface area contributed by atoms with Gasteiger partial charge in [0.1, 0.15) is 12.4 Å². The van der Waals surface area contributed by atoms with Gasteiger partial charge in [-0.05, 0) is 73.5 Å². The van der Waals surface area contributed by atoms with Crippen LogP contribution in [0.25, 0.3) is 6.08 Å². The zero-order valence-electron chi connectivity index (χ0n) is 24.8. The molecule has 0 aliphatic carbocycles. The van der Waals surface area contributed by atoms with Crippen LogP contribution >= 0.6 is 34.5 Å². The molecule has 4 aromatic rings. The van der Waals surface area contributed by atoms with Crippen molar-refractivity contribution in [3.63, 3.8) is 0 Å². The zero-order valence-corrected chi connectivity index (χ0v) is 27.1. The van der Waals surface area contributed by atoms with Crippen molar-refractivity contribution in [1.82, 2.24) is 4.57 Å². The first-order valence-corrected chi connectivity index (χ1v) is 15.7. The summed E-state index contributed by atoms with van der Waals surface area (Å²) < 4.78 is 60.2. The molecule has 0 bridgehead atoms. The van der Waals surface area contributed by atoms with E-state index >= 15 is 0 Å². The molecular weight excluding hydrogens is 680 g/mol. The monoisotopic (exact) mass is 704 g/mol. The van der Waals surface area contributed by atoms with Crippen LogP contribution < -0.4 is 19.6 Å². The average Bonchev–Trinajstić information content (AvgIpc) is 3.34. The maximum Gasteiger partial charge on any atom is 0.434 e. The Balaban J connectivity index is 1.60. The van der Waals surface area contributed by atoms with Crippen LogP contribution in [0.2, 0.25) is 10.0 Å². The van der Waals surface area contributed by atoms with Gasteiger partial charge in [0.05, 0.1) is 34.9 Å². The van der Waals surface area contributed by atoms with Crippen LogP contribution in [0.15, 0.2) is 87.8 Å². The minimum absolute atomic E-state index is 0.0141. The Kier molecular flexibility index (Phi) is 10.2. The van der Waals surface area contributed by atoms with Gasteiger partial charge in [-0.1, -0.05) is 58.8 Å². The van der Waals surface area contributed by atoms with Gasteiger partial charge in [0.25, 0.3) is 5.56 Å². The van der Waals surface area contributed by atoms with Crippen molar-refractivity contribution in [2.24, 2.45) is 4.99 Å². The number of benzene rings is 3. The molecule has 0 saturated carbocycles. The fourth-order valence-electron chi connectivity index (χ4n) is 4.82. The van der Waals surface area contributed by atoms with E-state index in [1.807, 2.05) is 0 Å². The van der Waals surface area contributed by atoms with Crippen molar-refractivity contribution in [3.05, 3.63) is 130 Å². The number of rotatable bonds is 9. The number of aromatic nitrogens is 1. The lowest BCUT2D eigenvalue weighted by atomic mass is 9.95. The average molecular weight is 706 g/mol. The summed E-state index contributed by atoms with van der Waals surface area (Å²) in [5.41, 5.74) is -1.29. The number of allylic oxidation sites excluding steroid dienone is 1. The van der Waals surface area contributed by atoms with E-state index in [0.717, 1.165) is 10.1 Å². The van der Waals surface area contributed by atoms with Gasteiger partial charge in [-0.25, -0.2) is 14.6 Å². The van der Waals surface area contributed by atoms with Crippen molar-refractivity contribution in [3.8, 4) is 5.75 Å². The van der Waals surface area contributed by atoms with Crippen molar-refractivity contribution in [2.45, 2.75) is 32.7 Å². The first-order valence-electron chi connectivity index (χ1n) is 14.1. The SMILES string of the molecule is CCOC(=O)C1=C(C(F)(F)F)N=c2s/c(=C\c3cc(Cl)ccc3OCc3ccc(C(=O)OCC)cc3)c(=O)n2[C@@H]1c1ccc(Cl)cc1. The van der Waals surface area contributed by atoms with Gasteiger partial charge >= 0.3 is 18.1 Å². The largest absolute Gasteiger partial charge is 0.488 e. The standard InChI is InChI=1S/C33H25Cl2F3N2O6S/c1-3-44-30(42)20-7-5-18(6-8-20)17-46-24-14-13-23(35)15-21(24)16-25-29(41)40-27(19-9-11-22(34)12-10-19)26(31(43)45-4-2)28(33(36,37)38)39-32(40)47-25/h5-16,27H,3-4,17H2,1-2H3/b25-16-/t27-/m1/s1. The Morgan fingerprint density at radius 1 is 0.936 bits per heavy atom. The number of fused-ring (bicyclic) bond motifs is 1. The van der Waals surface area contributed by atoms with E-state index in [-0.39, 0.29) is 34.7 Å². The Morgan fingerprint density at radius 3 is 2.21 bits per heavy atom. The summed E-state index contributed by atoms with van der Waals surface area (Å²) >= 11 is 13.0. The molecule has 0 fully saturated rings. The molecular formula is C33H25Cl2F3N2O6S. The second kappa shape index (κ2) is 14.2. The van der Waals surface area contributed by atoms with Crippen LogP contribution in [0.5, 0.6) is 5.75 Å². The molecule has 47 heavy (non-hydrogen) atoms. The third-order valence-electron chi connectivity index (χ3n) is 6.90. The van der Waals surface area contributed by atoms with E-state index in [1.54, 1.807) is 49.4 Å². The smallest absolute Gasteiger partial charge is 0.434 e. The summed E-state index contributed by atoms with van der Waals surface area (Å²) in [7, 11) is 0. The zero-order chi connectivity index (χ0) is 33.9. The van der Waals surface area contributed by atoms with Crippen LogP contribution in [0.1, 0.15) is 46.9 Å². The van der Waals surface area contributed by atoms with Crippen molar-refractivity contribution >= 4 is 52.6 Å². The number of alkyl halides is 3. The lowest BCUT2D eigenvalue weighted by Gasteiger charge is -2.26. The highest BCUT2D eigenvalue weighted by atomic mass is 35.5. The molecule has 1 aliphatic rings. The number of ether oxygens (including phenoxy) is 3. The number of carbonyl (C=O) groups excluding carboxylic acids is 2. The highest BCUT2D eigenvalue weighted by Gasteiger charge is 2.45. The highest BCUT2D eigenvalue weighted by molar-refractivity contribution is 7.07. The molecule has 1 aliphatic heterocycles. The predicted molar refractivity (Wildman–Crippen MR) is 170 cm³/mol. The molecule has 0 unspecified atom stereocenters. The molecule has 8 nitrogen and oxygen atoms in total. The van der Waals surface area contributed by atoms with E-state index in [2.05, 4.69) is 4.99 Å². The van der Waals surface area contributed by atoms with Crippen molar-refractivity contribution in [1.29, 1.82) is 0 Å². The lowest BCUT2D eigenvalue weighted by Crippen LogP contribution is -2.41. The number of hydrogen-bond donors (Lipinski definition) is 0. The van der Waals surface area contributed by atoms with Crippen molar-refractivity contribution in [2.75, 3.05) is 13.2 Å². The Morgan fingerprint density at radius 2 is 1.57 bits per heavy atom. The predicted octanol–water partition coefficient (Wildman–Crippen LogP) is 6.40. The molecule has 244 valence electrons. The quantitative estimate of drug-likeness (QED) is 0.187. The molecule has 14 heteroatoms. The third kappa shape index (κ3) is 7.45. The molecule has 3 aromatic carbocycles. The molecule has 1 atom stereocenters. The number of hydrogen-bond acceptors (Lipinski definition) is 8. The van der Waals surface area contributed by atoms with Gasteiger partial charge in [0, 0.05) is 15.6 Å². The summed E-state index contributed by atoms with van der Waals surface area (Å²) in [5.74, 6) is -1.37. The minimum Gasteiger partial charge on any atom is -0.488 e. The highest BCUT2D eigenvalue weighted by Crippen LogP contribution is 2.38. The van der Waals surface area contributed by atoms with E-state index in [1.165, 1.54) is 37.3 Å². The Labute approximate surface area is 279 Å². The summed E-state index contributed by atoms with van der Waals surface area (Å²) in [6, 6.07) is 15.6. The number of esters is 2. The Bertz CT molecular complexity index is 2040. The summed E-state index contributed by atoms with van der Waals surface area (Å²) in [6.07, 6.45) is -3.60. The van der Waals surface area contributed by atoms with E-state index in [0.29, 0.717) is 38.3 Å². The molecule has 5 rings (SSSR count). The molecule has 0 radical (unpaired) electrons. The maximum absolute atomic E-state index is 14.4. The fourth-order valence-corrected chi connectivity index (χ4v) is 6.12. The van der Waals surface area contributed by atoms with E-state index in [9.17, 15) is 27.6 Å². The van der Waals surface area contributed by atoms with Gasteiger partial charge in [-0.3, -0.25) is 9.36 Å². The first-order chi connectivity index (χ1) is 22.4.